The summed E-state index contributed by atoms with van der Waals surface area (Å²) in [5.74, 6) is 1.22. The Balaban J connectivity index is 2.06. The van der Waals surface area contributed by atoms with Gasteiger partial charge < -0.3 is 14.8 Å². The molecule has 2 rings (SSSR count). The van der Waals surface area contributed by atoms with Crippen LogP contribution in [0, 0.1) is 16.4 Å². The number of aryl methyl sites for hydroxylation is 1. The van der Waals surface area contributed by atoms with E-state index in [-0.39, 0.29) is 11.8 Å². The highest BCUT2D eigenvalue weighted by Gasteiger charge is 2.16. The summed E-state index contributed by atoms with van der Waals surface area (Å²) >= 11 is 2.26. The van der Waals surface area contributed by atoms with Crippen molar-refractivity contribution in [3.05, 3.63) is 51.1 Å². The van der Waals surface area contributed by atoms with E-state index < -0.39 is 0 Å². The van der Waals surface area contributed by atoms with Gasteiger partial charge in [-0.25, -0.2) is 0 Å². The molecular weight excluding hydrogens is 417 g/mol. The minimum Gasteiger partial charge on any atom is -0.493 e. The molecule has 0 fully saturated rings. The average molecular weight is 439 g/mol. The van der Waals surface area contributed by atoms with Crippen LogP contribution in [-0.2, 0) is 11.2 Å². The van der Waals surface area contributed by atoms with Crippen LogP contribution in [0.5, 0.6) is 11.5 Å². The molecule has 0 aliphatic rings. The van der Waals surface area contributed by atoms with Crippen LogP contribution in [0.25, 0.3) is 0 Å². The first-order valence-electron chi connectivity index (χ1n) is 7.72. The van der Waals surface area contributed by atoms with E-state index in [9.17, 15) is 4.79 Å². The normalized spacial score (nSPS) is 11.7. The third kappa shape index (κ3) is 4.63. The molecule has 4 nitrogen and oxygen atoms in total. The number of carbonyl (C=O) groups is 1. The third-order valence-corrected chi connectivity index (χ3v) is 4.55. The van der Waals surface area contributed by atoms with Crippen molar-refractivity contribution in [1.29, 1.82) is 0 Å². The van der Waals surface area contributed by atoms with E-state index in [1.807, 2.05) is 44.2 Å². The van der Waals surface area contributed by atoms with Crippen LogP contribution in [0.4, 0.5) is 5.69 Å². The fraction of sp³-hybridized carbons (Fsp3) is 0.316. The maximum atomic E-state index is 12.5. The molecular formula is C19H22INO3. The van der Waals surface area contributed by atoms with Gasteiger partial charge in [-0.15, -0.1) is 0 Å². The number of benzene rings is 2. The first-order chi connectivity index (χ1) is 11.4. The molecule has 0 saturated heterocycles. The van der Waals surface area contributed by atoms with Crippen molar-refractivity contribution in [2.75, 3.05) is 19.5 Å². The summed E-state index contributed by atoms with van der Waals surface area (Å²) in [6, 6.07) is 11.7. The molecule has 1 amide bonds. The van der Waals surface area contributed by atoms with Gasteiger partial charge in [0.05, 0.1) is 14.2 Å². The number of amides is 1. The van der Waals surface area contributed by atoms with Crippen LogP contribution in [0.2, 0.25) is 0 Å². The summed E-state index contributed by atoms with van der Waals surface area (Å²) in [6.45, 7) is 3.92. The number of carbonyl (C=O) groups excluding carboxylic acids is 1. The van der Waals surface area contributed by atoms with Crippen LogP contribution >= 0.6 is 22.6 Å². The molecule has 0 bridgehead atoms. The lowest BCUT2D eigenvalue weighted by Crippen LogP contribution is -2.22. The van der Waals surface area contributed by atoms with Crippen molar-refractivity contribution in [2.45, 2.75) is 20.3 Å². The summed E-state index contributed by atoms with van der Waals surface area (Å²) in [7, 11) is 3.22. The van der Waals surface area contributed by atoms with Gasteiger partial charge in [-0.05, 0) is 77.4 Å². The number of ether oxygens (including phenoxy) is 2. The zero-order valence-electron chi connectivity index (χ0n) is 14.4. The number of hydrogen-bond acceptors (Lipinski definition) is 3. The highest BCUT2D eigenvalue weighted by Crippen LogP contribution is 2.28. The second-order valence-corrected chi connectivity index (χ2v) is 6.99. The fourth-order valence-electron chi connectivity index (χ4n) is 2.48. The minimum atomic E-state index is -0.151. The largest absolute Gasteiger partial charge is 0.493 e. The Bertz CT molecular complexity index is 731. The smallest absolute Gasteiger partial charge is 0.227 e. The Kier molecular flexibility index (Phi) is 6.48. The maximum absolute atomic E-state index is 12.5. The van der Waals surface area contributed by atoms with Crippen molar-refractivity contribution in [3.8, 4) is 11.5 Å². The lowest BCUT2D eigenvalue weighted by molar-refractivity contribution is -0.119. The van der Waals surface area contributed by atoms with Crippen LogP contribution in [0.15, 0.2) is 36.4 Å². The van der Waals surface area contributed by atoms with E-state index in [2.05, 4.69) is 34.0 Å². The highest BCUT2D eigenvalue weighted by molar-refractivity contribution is 14.1. The van der Waals surface area contributed by atoms with E-state index in [1.54, 1.807) is 14.2 Å². The predicted octanol–water partition coefficient (Wildman–Crippen LogP) is 4.43. The summed E-state index contributed by atoms with van der Waals surface area (Å²) in [6.07, 6.45) is 0.635. The predicted molar refractivity (Wildman–Crippen MR) is 105 cm³/mol. The maximum Gasteiger partial charge on any atom is 0.227 e. The van der Waals surface area contributed by atoms with Gasteiger partial charge in [0.2, 0.25) is 5.91 Å². The summed E-state index contributed by atoms with van der Waals surface area (Å²) in [4.78, 5) is 12.5. The standard InChI is InChI=1S/C19H22INO3/c1-12-10-15(20)6-7-16(12)21-19(22)13(2)9-14-5-8-17(23-3)18(11-14)24-4/h5-8,10-11,13H,9H2,1-4H3,(H,21,22). The number of methoxy groups -OCH3 is 2. The second kappa shape index (κ2) is 8.37. The van der Waals surface area contributed by atoms with Gasteiger partial charge in [-0.2, -0.15) is 0 Å². The monoisotopic (exact) mass is 439 g/mol. The molecule has 1 N–H and O–H groups in total. The third-order valence-electron chi connectivity index (χ3n) is 3.88. The van der Waals surface area contributed by atoms with E-state index >= 15 is 0 Å². The number of hydrogen-bond donors (Lipinski definition) is 1. The quantitative estimate of drug-likeness (QED) is 0.678. The van der Waals surface area contributed by atoms with E-state index in [0.717, 1.165) is 20.4 Å². The molecule has 128 valence electrons. The lowest BCUT2D eigenvalue weighted by Gasteiger charge is -2.15. The topological polar surface area (TPSA) is 47.6 Å². The van der Waals surface area contributed by atoms with Crippen molar-refractivity contribution < 1.29 is 14.3 Å². The van der Waals surface area contributed by atoms with E-state index in [4.69, 9.17) is 9.47 Å². The van der Waals surface area contributed by atoms with Gasteiger partial charge in [0.1, 0.15) is 0 Å². The van der Waals surface area contributed by atoms with Gasteiger partial charge in [0, 0.05) is 15.2 Å². The first kappa shape index (κ1) is 18.6. The van der Waals surface area contributed by atoms with Crippen molar-refractivity contribution in [1.82, 2.24) is 0 Å². The molecule has 0 spiro atoms. The second-order valence-electron chi connectivity index (χ2n) is 5.74. The van der Waals surface area contributed by atoms with Crippen LogP contribution in [0.3, 0.4) is 0 Å². The molecule has 1 atom stereocenters. The average Bonchev–Trinajstić information content (AvgIpc) is 2.57. The summed E-state index contributed by atoms with van der Waals surface area (Å²) in [5, 5.41) is 3.01. The number of rotatable bonds is 6. The molecule has 5 heteroatoms. The Labute approximate surface area is 156 Å². The van der Waals surface area contributed by atoms with Crippen molar-refractivity contribution in [3.63, 3.8) is 0 Å². The van der Waals surface area contributed by atoms with Gasteiger partial charge in [-0.3, -0.25) is 4.79 Å². The molecule has 0 aliphatic heterocycles. The minimum absolute atomic E-state index is 0.00842. The Morgan fingerprint density at radius 3 is 2.46 bits per heavy atom. The Morgan fingerprint density at radius 2 is 1.83 bits per heavy atom. The molecule has 0 radical (unpaired) electrons. The van der Waals surface area contributed by atoms with Gasteiger partial charge in [-0.1, -0.05) is 13.0 Å². The first-order valence-corrected chi connectivity index (χ1v) is 8.80. The molecule has 0 heterocycles. The molecule has 0 aromatic heterocycles. The zero-order chi connectivity index (χ0) is 17.7. The number of anilines is 1. The van der Waals surface area contributed by atoms with Crippen LogP contribution in [-0.4, -0.2) is 20.1 Å². The molecule has 0 saturated carbocycles. The molecule has 0 aliphatic carbocycles. The number of nitrogens with one attached hydrogen (secondary N) is 1. The van der Waals surface area contributed by atoms with E-state index in [0.29, 0.717) is 17.9 Å². The van der Waals surface area contributed by atoms with Crippen LogP contribution in [0.1, 0.15) is 18.1 Å². The molecule has 2 aromatic carbocycles. The molecule has 24 heavy (non-hydrogen) atoms. The van der Waals surface area contributed by atoms with Crippen molar-refractivity contribution >= 4 is 34.2 Å². The zero-order valence-corrected chi connectivity index (χ0v) is 16.5. The van der Waals surface area contributed by atoms with Gasteiger partial charge in [0.25, 0.3) is 0 Å². The SMILES string of the molecule is COc1ccc(CC(C)C(=O)Nc2ccc(I)cc2C)cc1OC. The Morgan fingerprint density at radius 1 is 1.12 bits per heavy atom. The van der Waals surface area contributed by atoms with Gasteiger partial charge >= 0.3 is 0 Å². The lowest BCUT2D eigenvalue weighted by atomic mass is 9.99. The van der Waals surface area contributed by atoms with E-state index in [1.165, 1.54) is 0 Å². The molecule has 1 unspecified atom stereocenters. The van der Waals surface area contributed by atoms with Crippen LogP contribution < -0.4 is 14.8 Å². The van der Waals surface area contributed by atoms with Crippen molar-refractivity contribution in [2.24, 2.45) is 5.92 Å². The van der Waals surface area contributed by atoms with Gasteiger partial charge in [0.15, 0.2) is 11.5 Å². The summed E-state index contributed by atoms with van der Waals surface area (Å²) < 4.78 is 11.7. The fourth-order valence-corrected chi connectivity index (χ4v) is 3.12. The molecule has 2 aromatic rings. The highest BCUT2D eigenvalue weighted by atomic mass is 127. The number of halogens is 1. The summed E-state index contributed by atoms with van der Waals surface area (Å²) in [5.41, 5.74) is 2.96. The Hall–Kier alpha value is -1.76.